The van der Waals surface area contributed by atoms with Crippen molar-refractivity contribution in [1.82, 2.24) is 5.32 Å². The second kappa shape index (κ2) is 13.8. The van der Waals surface area contributed by atoms with Crippen LogP contribution in [0.5, 0.6) is 0 Å². The van der Waals surface area contributed by atoms with E-state index in [-0.39, 0.29) is 29.7 Å². The van der Waals surface area contributed by atoms with Gasteiger partial charge in [-0.1, -0.05) is 93.6 Å². The molecule has 1 aliphatic rings. The maximum Gasteiger partial charge on any atom is 0.322 e. The van der Waals surface area contributed by atoms with Crippen LogP contribution in [0, 0.1) is 5.92 Å². The van der Waals surface area contributed by atoms with Crippen molar-refractivity contribution >= 4 is 29.2 Å². The number of nitrogens with zero attached hydrogens (tertiary/aromatic N) is 1. The highest BCUT2D eigenvalue weighted by molar-refractivity contribution is 6.08. The zero-order chi connectivity index (χ0) is 32.0. The Bertz CT molecular complexity index is 1620. The van der Waals surface area contributed by atoms with Crippen molar-refractivity contribution in [3.8, 4) is 11.1 Å². The minimum absolute atomic E-state index is 0.0575. The first kappa shape index (κ1) is 31.5. The lowest BCUT2D eigenvalue weighted by Gasteiger charge is -2.37. The minimum Gasteiger partial charge on any atom is -0.480 e. The van der Waals surface area contributed by atoms with Crippen LogP contribution in [0.1, 0.15) is 61.0 Å². The first-order valence-corrected chi connectivity index (χ1v) is 15.5. The summed E-state index contributed by atoms with van der Waals surface area (Å²) in [7, 11) is 0. The van der Waals surface area contributed by atoms with Crippen molar-refractivity contribution in [3.05, 3.63) is 120 Å². The molecule has 1 saturated heterocycles. The average Bonchev–Trinajstić information content (AvgIpc) is 3.05. The van der Waals surface area contributed by atoms with E-state index in [4.69, 9.17) is 5.11 Å². The summed E-state index contributed by atoms with van der Waals surface area (Å²) in [5.74, 6) is -1.76. The number of anilines is 2. The number of benzene rings is 4. The Balaban J connectivity index is 1.23. The van der Waals surface area contributed by atoms with Crippen molar-refractivity contribution in [3.63, 3.8) is 0 Å². The average molecular weight is 604 g/mol. The standard InChI is InChI=1S/C38H41N3O4/c1-38(2,3)29-15-13-26(14-16-29)32-11-7-8-12-33(32)36(44)40-30-17-19-31(20-18-30)41-23-21-28(22-24-41)35(27-9-5-4-6-10-27)37(45)39-25-34(42)43/h4-20,28,35H,21-25H2,1-3H3,(H,39,45)(H,40,44)(H,42,43). The minimum atomic E-state index is -1.06. The predicted octanol–water partition coefficient (Wildman–Crippen LogP) is 7.10. The molecule has 0 bridgehead atoms. The number of carbonyl (C=O) groups excluding carboxylic acids is 2. The molecule has 0 aliphatic carbocycles. The van der Waals surface area contributed by atoms with Gasteiger partial charge in [-0.3, -0.25) is 14.4 Å². The monoisotopic (exact) mass is 603 g/mol. The molecule has 232 valence electrons. The van der Waals surface area contributed by atoms with Crippen LogP contribution >= 0.6 is 0 Å². The van der Waals surface area contributed by atoms with Gasteiger partial charge in [-0.15, -0.1) is 0 Å². The number of carboxylic acid groups (broad SMARTS) is 1. The van der Waals surface area contributed by atoms with Crippen LogP contribution in [0.4, 0.5) is 11.4 Å². The maximum atomic E-state index is 13.4. The fraction of sp³-hybridized carbons (Fsp3) is 0.289. The van der Waals surface area contributed by atoms with E-state index in [1.165, 1.54) is 5.56 Å². The van der Waals surface area contributed by atoms with Gasteiger partial charge in [0, 0.05) is 30.0 Å². The quantitative estimate of drug-likeness (QED) is 0.190. The van der Waals surface area contributed by atoms with Crippen LogP contribution in [-0.2, 0) is 15.0 Å². The van der Waals surface area contributed by atoms with Crippen molar-refractivity contribution < 1.29 is 19.5 Å². The van der Waals surface area contributed by atoms with E-state index in [0.717, 1.165) is 54.0 Å². The van der Waals surface area contributed by atoms with Gasteiger partial charge in [0.15, 0.2) is 0 Å². The first-order valence-electron chi connectivity index (χ1n) is 15.5. The fourth-order valence-electron chi connectivity index (χ4n) is 6.10. The zero-order valence-corrected chi connectivity index (χ0v) is 26.1. The van der Waals surface area contributed by atoms with Crippen LogP contribution in [0.3, 0.4) is 0 Å². The predicted molar refractivity (Wildman–Crippen MR) is 180 cm³/mol. The van der Waals surface area contributed by atoms with Gasteiger partial charge >= 0.3 is 5.97 Å². The number of nitrogens with one attached hydrogen (secondary N) is 2. The Labute approximate surface area is 265 Å². The van der Waals surface area contributed by atoms with Crippen LogP contribution in [0.25, 0.3) is 11.1 Å². The smallest absolute Gasteiger partial charge is 0.322 e. The summed E-state index contributed by atoms with van der Waals surface area (Å²) in [5, 5.41) is 14.7. The number of hydrogen-bond donors (Lipinski definition) is 3. The second-order valence-corrected chi connectivity index (χ2v) is 12.7. The lowest BCUT2D eigenvalue weighted by molar-refractivity contribution is -0.138. The Morgan fingerprint density at radius 1 is 0.822 bits per heavy atom. The molecule has 0 aromatic heterocycles. The molecule has 1 fully saturated rings. The van der Waals surface area contributed by atoms with Gasteiger partial charge in [0.05, 0.1) is 5.92 Å². The molecule has 1 atom stereocenters. The van der Waals surface area contributed by atoms with Gasteiger partial charge in [-0.25, -0.2) is 0 Å². The molecular formula is C38H41N3O4. The molecule has 1 heterocycles. The molecule has 45 heavy (non-hydrogen) atoms. The van der Waals surface area contributed by atoms with Crippen LogP contribution < -0.4 is 15.5 Å². The molecule has 0 radical (unpaired) electrons. The van der Waals surface area contributed by atoms with Gasteiger partial charge in [0.25, 0.3) is 5.91 Å². The third kappa shape index (κ3) is 7.79. The third-order valence-corrected chi connectivity index (χ3v) is 8.59. The first-order chi connectivity index (χ1) is 21.6. The Morgan fingerprint density at radius 2 is 1.44 bits per heavy atom. The SMILES string of the molecule is CC(C)(C)c1ccc(-c2ccccc2C(=O)Nc2ccc(N3CCC(C(C(=O)NCC(=O)O)c4ccccc4)CC3)cc2)cc1. The number of amides is 2. The van der Waals surface area contributed by atoms with E-state index >= 15 is 0 Å². The molecule has 5 rings (SSSR count). The van der Waals surface area contributed by atoms with Crippen LogP contribution in [0.2, 0.25) is 0 Å². The van der Waals surface area contributed by atoms with Gasteiger partial charge in [0.1, 0.15) is 6.54 Å². The molecule has 7 heteroatoms. The van der Waals surface area contributed by atoms with E-state index in [1.54, 1.807) is 0 Å². The van der Waals surface area contributed by atoms with Crippen molar-refractivity contribution in [2.24, 2.45) is 5.92 Å². The summed E-state index contributed by atoms with van der Waals surface area (Å²) in [6.07, 6.45) is 1.60. The van der Waals surface area contributed by atoms with Gasteiger partial charge in [0.2, 0.25) is 5.91 Å². The molecule has 1 aliphatic heterocycles. The lowest BCUT2D eigenvalue weighted by Crippen LogP contribution is -2.41. The summed E-state index contributed by atoms with van der Waals surface area (Å²) in [5.41, 5.74) is 6.49. The highest BCUT2D eigenvalue weighted by Crippen LogP contribution is 2.35. The summed E-state index contributed by atoms with van der Waals surface area (Å²) in [4.78, 5) is 39.8. The summed E-state index contributed by atoms with van der Waals surface area (Å²) in [6, 6.07) is 33.5. The van der Waals surface area contributed by atoms with E-state index in [1.807, 2.05) is 78.9 Å². The number of aliphatic carboxylic acids is 1. The summed E-state index contributed by atoms with van der Waals surface area (Å²) >= 11 is 0. The normalized spacial score (nSPS) is 14.4. The maximum absolute atomic E-state index is 13.4. The van der Waals surface area contributed by atoms with Crippen LogP contribution in [0.15, 0.2) is 103 Å². The third-order valence-electron chi connectivity index (χ3n) is 8.59. The zero-order valence-electron chi connectivity index (χ0n) is 26.1. The number of piperidine rings is 1. The summed E-state index contributed by atoms with van der Waals surface area (Å²) in [6.45, 7) is 7.71. The van der Waals surface area contributed by atoms with E-state index in [2.05, 4.69) is 60.6 Å². The number of rotatable bonds is 9. The number of carbonyl (C=O) groups is 3. The number of hydrogen-bond acceptors (Lipinski definition) is 4. The molecule has 4 aromatic carbocycles. The lowest BCUT2D eigenvalue weighted by atomic mass is 9.79. The van der Waals surface area contributed by atoms with Crippen LogP contribution in [-0.4, -0.2) is 42.5 Å². The molecule has 4 aromatic rings. The van der Waals surface area contributed by atoms with Gasteiger partial charge in [-0.2, -0.15) is 0 Å². The highest BCUT2D eigenvalue weighted by Gasteiger charge is 2.33. The molecule has 7 nitrogen and oxygen atoms in total. The fourth-order valence-corrected chi connectivity index (χ4v) is 6.10. The molecule has 0 saturated carbocycles. The Morgan fingerprint density at radius 3 is 2.07 bits per heavy atom. The highest BCUT2D eigenvalue weighted by atomic mass is 16.4. The van der Waals surface area contributed by atoms with Crippen molar-refractivity contribution in [2.75, 3.05) is 29.9 Å². The number of carboxylic acids is 1. The van der Waals surface area contributed by atoms with E-state index < -0.39 is 11.9 Å². The van der Waals surface area contributed by atoms with Gasteiger partial charge in [-0.05, 0) is 76.8 Å². The summed E-state index contributed by atoms with van der Waals surface area (Å²) < 4.78 is 0. The Kier molecular flexibility index (Phi) is 9.67. The molecule has 0 spiro atoms. The Hall–Kier alpha value is -4.91. The van der Waals surface area contributed by atoms with E-state index in [9.17, 15) is 14.4 Å². The molecule has 1 unspecified atom stereocenters. The topological polar surface area (TPSA) is 98.7 Å². The van der Waals surface area contributed by atoms with E-state index in [0.29, 0.717) is 5.56 Å². The van der Waals surface area contributed by atoms with Crippen molar-refractivity contribution in [1.29, 1.82) is 0 Å². The largest absolute Gasteiger partial charge is 0.480 e. The molecular weight excluding hydrogens is 562 g/mol. The van der Waals surface area contributed by atoms with Crippen molar-refractivity contribution in [2.45, 2.75) is 44.9 Å². The molecule has 2 amide bonds. The van der Waals surface area contributed by atoms with Gasteiger partial charge < -0.3 is 20.6 Å². The second-order valence-electron chi connectivity index (χ2n) is 12.7. The molecule has 3 N–H and O–H groups in total.